The van der Waals surface area contributed by atoms with Crippen molar-refractivity contribution in [1.82, 2.24) is 0 Å². The molecule has 4 N–H and O–H groups in total. The molecule has 0 amide bonds. The highest BCUT2D eigenvalue weighted by Gasteiger charge is 2.34. The van der Waals surface area contributed by atoms with Crippen LogP contribution >= 0.6 is 0 Å². The maximum absolute atomic E-state index is 12.3. The van der Waals surface area contributed by atoms with Crippen molar-refractivity contribution in [3.05, 3.63) is 93.1 Å². The molecular weight excluding hydrogens is 580 g/mol. The number of hydrogen-bond acceptors (Lipinski definition) is 4. The van der Waals surface area contributed by atoms with Crippen LogP contribution in [0.5, 0.6) is 23.0 Å². The Morgan fingerprint density at radius 2 is 1.04 bits per heavy atom. The van der Waals surface area contributed by atoms with Crippen LogP contribution in [0.3, 0.4) is 0 Å². The number of aryl methyl sites for hydroxylation is 2. The van der Waals surface area contributed by atoms with E-state index in [1.54, 1.807) is 0 Å². The summed E-state index contributed by atoms with van der Waals surface area (Å²) in [5.41, 5.74) is 9.09. The van der Waals surface area contributed by atoms with Crippen molar-refractivity contribution < 1.29 is 20.4 Å². The molecule has 2 aromatic carbocycles. The summed E-state index contributed by atoms with van der Waals surface area (Å²) in [6.45, 7) is 21.2. The summed E-state index contributed by atoms with van der Waals surface area (Å²) in [6.07, 6.45) is 16.1. The molecule has 47 heavy (non-hydrogen) atoms. The predicted octanol–water partition coefficient (Wildman–Crippen LogP) is 11.6. The molecule has 4 nitrogen and oxygen atoms in total. The second-order valence-corrected chi connectivity index (χ2v) is 14.7. The van der Waals surface area contributed by atoms with Crippen molar-refractivity contribution in [1.29, 1.82) is 0 Å². The third-order valence-corrected chi connectivity index (χ3v) is 10.9. The number of rotatable bonds is 14. The van der Waals surface area contributed by atoms with Gasteiger partial charge in [0.1, 0.15) is 23.0 Å². The van der Waals surface area contributed by atoms with Crippen LogP contribution in [0, 0.1) is 11.8 Å². The molecule has 0 radical (unpaired) electrons. The number of benzene rings is 2. The lowest BCUT2D eigenvalue weighted by molar-refractivity contribution is 0.400. The molecule has 0 aliphatic heterocycles. The Hall–Kier alpha value is -3.40. The quantitative estimate of drug-likeness (QED) is 0.122. The molecule has 0 fully saturated rings. The zero-order chi connectivity index (χ0) is 34.4. The average molecular weight is 641 g/mol. The van der Waals surface area contributed by atoms with Gasteiger partial charge in [-0.2, -0.15) is 0 Å². The summed E-state index contributed by atoms with van der Waals surface area (Å²) in [4.78, 5) is 0. The van der Waals surface area contributed by atoms with Crippen LogP contribution in [0.4, 0.5) is 0 Å². The molecule has 2 aliphatic carbocycles. The summed E-state index contributed by atoms with van der Waals surface area (Å²) >= 11 is 0. The number of phenolic OH excluding ortho intramolecular Hbond substituents is 4. The summed E-state index contributed by atoms with van der Waals surface area (Å²) in [6, 6.07) is 3.74. The van der Waals surface area contributed by atoms with Gasteiger partial charge in [-0.25, -0.2) is 0 Å². The molecule has 4 rings (SSSR count). The van der Waals surface area contributed by atoms with Gasteiger partial charge in [0, 0.05) is 40.5 Å². The average Bonchev–Trinajstić information content (AvgIpc) is 3.00. The van der Waals surface area contributed by atoms with Crippen molar-refractivity contribution in [3.63, 3.8) is 0 Å². The topological polar surface area (TPSA) is 80.9 Å². The monoisotopic (exact) mass is 640 g/mol. The van der Waals surface area contributed by atoms with Gasteiger partial charge in [-0.05, 0) is 114 Å². The van der Waals surface area contributed by atoms with E-state index in [1.807, 2.05) is 26.0 Å². The van der Waals surface area contributed by atoms with E-state index in [4.69, 9.17) is 0 Å². The number of unbranched alkanes of at least 4 members (excludes halogenated alkanes) is 4. The van der Waals surface area contributed by atoms with E-state index < -0.39 is 0 Å². The fourth-order valence-electron chi connectivity index (χ4n) is 8.15. The number of aromatic hydroxyl groups is 4. The lowest BCUT2D eigenvalue weighted by Crippen LogP contribution is -2.18. The van der Waals surface area contributed by atoms with E-state index >= 15 is 0 Å². The van der Waals surface area contributed by atoms with E-state index in [0.717, 1.165) is 110 Å². The third-order valence-electron chi connectivity index (χ3n) is 10.9. The molecule has 4 heteroatoms. The molecule has 0 unspecified atom stereocenters. The van der Waals surface area contributed by atoms with Crippen LogP contribution in [-0.2, 0) is 19.3 Å². The zero-order valence-corrected chi connectivity index (χ0v) is 30.0. The Kier molecular flexibility index (Phi) is 12.5. The normalized spacial score (nSPS) is 21.3. The lowest BCUT2D eigenvalue weighted by atomic mass is 9.72. The van der Waals surface area contributed by atoms with Gasteiger partial charge in [0.2, 0.25) is 0 Å². The Bertz CT molecular complexity index is 1410. The van der Waals surface area contributed by atoms with Gasteiger partial charge in [0.05, 0.1) is 0 Å². The molecule has 0 aromatic heterocycles. The summed E-state index contributed by atoms with van der Waals surface area (Å²) in [5.74, 6) is 0.396. The first-order valence-corrected chi connectivity index (χ1v) is 18.2. The largest absolute Gasteiger partial charge is 0.507 e. The minimum atomic E-state index is -0.177. The van der Waals surface area contributed by atoms with Gasteiger partial charge in [-0.15, -0.1) is 0 Å². The Balaban J connectivity index is 1.95. The van der Waals surface area contributed by atoms with Crippen LogP contribution in [0.25, 0.3) is 0 Å². The second kappa shape index (κ2) is 16.1. The fraction of sp³-hybridized carbons (Fsp3) is 0.535. The van der Waals surface area contributed by atoms with Gasteiger partial charge in [0.15, 0.2) is 0 Å². The molecular formula is C43H60O4. The lowest BCUT2D eigenvalue weighted by Gasteiger charge is -2.33. The summed E-state index contributed by atoms with van der Waals surface area (Å²) in [5, 5.41) is 47.6. The van der Waals surface area contributed by atoms with Gasteiger partial charge >= 0.3 is 0 Å². The van der Waals surface area contributed by atoms with Crippen molar-refractivity contribution in [2.75, 3.05) is 0 Å². The predicted molar refractivity (Wildman–Crippen MR) is 197 cm³/mol. The first kappa shape index (κ1) is 36.4. The van der Waals surface area contributed by atoms with Crippen molar-refractivity contribution >= 4 is 0 Å². The maximum atomic E-state index is 12.3. The Morgan fingerprint density at radius 1 is 0.660 bits per heavy atom. The van der Waals surface area contributed by atoms with Gasteiger partial charge < -0.3 is 20.4 Å². The van der Waals surface area contributed by atoms with Gasteiger partial charge in [-0.3, -0.25) is 0 Å². The molecule has 4 atom stereocenters. The smallest absolute Gasteiger partial charge is 0.126 e. The maximum Gasteiger partial charge on any atom is 0.126 e. The number of hydrogen-bond donors (Lipinski definition) is 4. The highest BCUT2D eigenvalue weighted by Crippen LogP contribution is 2.51. The third kappa shape index (κ3) is 8.19. The number of phenols is 4. The van der Waals surface area contributed by atoms with Gasteiger partial charge in [0.25, 0.3) is 0 Å². The molecule has 256 valence electrons. The highest BCUT2D eigenvalue weighted by molar-refractivity contribution is 5.62. The van der Waals surface area contributed by atoms with Crippen LogP contribution in [0.1, 0.15) is 151 Å². The van der Waals surface area contributed by atoms with Crippen molar-refractivity contribution in [2.24, 2.45) is 11.8 Å². The van der Waals surface area contributed by atoms with E-state index in [9.17, 15) is 20.4 Å². The Morgan fingerprint density at radius 3 is 1.38 bits per heavy atom. The van der Waals surface area contributed by atoms with Crippen LogP contribution in [0.15, 0.2) is 59.7 Å². The molecule has 0 saturated heterocycles. The summed E-state index contributed by atoms with van der Waals surface area (Å²) in [7, 11) is 0. The van der Waals surface area contributed by atoms with Crippen molar-refractivity contribution in [3.8, 4) is 23.0 Å². The second-order valence-electron chi connectivity index (χ2n) is 14.7. The zero-order valence-electron chi connectivity index (χ0n) is 30.0. The van der Waals surface area contributed by atoms with E-state index in [0.29, 0.717) is 17.5 Å². The highest BCUT2D eigenvalue weighted by atomic mass is 16.3. The van der Waals surface area contributed by atoms with E-state index in [1.165, 1.54) is 11.1 Å². The molecule has 0 bridgehead atoms. The van der Waals surface area contributed by atoms with Crippen LogP contribution < -0.4 is 0 Å². The SMILES string of the molecule is C=C(C)[C@@H]1CCC(C)=C[C@H]1c1c(O)cc(CCCCC)c(Cc2c(CCCCC)cc(O)c([C@@H]3C=C(C)CC[C@H]3C(=C)C)c2O)c1O. The minimum absolute atomic E-state index is 0.118. The minimum Gasteiger partial charge on any atom is -0.507 e. The van der Waals surface area contributed by atoms with Crippen LogP contribution in [-0.4, -0.2) is 20.4 Å². The fourth-order valence-corrected chi connectivity index (χ4v) is 8.15. The van der Waals surface area contributed by atoms with E-state index in [-0.39, 0.29) is 46.7 Å². The summed E-state index contributed by atoms with van der Waals surface area (Å²) < 4.78 is 0. The van der Waals surface area contributed by atoms with Gasteiger partial charge in [-0.1, -0.05) is 87.1 Å². The number of allylic oxidation sites excluding steroid dienone is 6. The van der Waals surface area contributed by atoms with E-state index in [2.05, 4.69) is 53.0 Å². The molecule has 2 aliphatic rings. The first-order valence-electron chi connectivity index (χ1n) is 18.2. The molecule has 0 heterocycles. The standard InChI is InChI=1S/C43H60O4/c1-9-11-13-15-30-23-38(44)40(36-21-28(7)17-19-32(36)26(3)4)42(46)34(30)25-35-31(16-14-12-10-2)24-39(45)41(43(35)47)37-22-29(8)18-20-33(37)27(5)6/h21-24,32-33,36-37,44-47H,3,5,9-20,25H2,1-2,4,6-8H3/t32-,33-,36+,37+/m0/s1. The Labute approximate surface area is 284 Å². The molecule has 2 aromatic rings. The van der Waals surface area contributed by atoms with Crippen molar-refractivity contribution in [2.45, 2.75) is 137 Å². The first-order chi connectivity index (χ1) is 22.4. The molecule has 0 spiro atoms. The van der Waals surface area contributed by atoms with Crippen LogP contribution in [0.2, 0.25) is 0 Å². The molecule has 0 saturated carbocycles.